The Bertz CT molecular complexity index is 142. The topological polar surface area (TPSA) is 43.1 Å². The van der Waals surface area contributed by atoms with Gasteiger partial charge in [-0.05, 0) is 19.8 Å². The monoisotopic (exact) mass is 171 g/mol. The van der Waals surface area contributed by atoms with Gasteiger partial charge in [0.05, 0.1) is 5.54 Å². The molecule has 0 aliphatic heterocycles. The standard InChI is InChI=1S/C10H21NO/c1-5-8(6-2)7-9(12)10(3,4)11/h8H,5-7,11H2,1-4H3. The highest BCUT2D eigenvalue weighted by Crippen LogP contribution is 2.16. The fraction of sp³-hybridized carbons (Fsp3) is 0.900. The Hall–Kier alpha value is -0.370. The lowest BCUT2D eigenvalue weighted by molar-refractivity contribution is -0.124. The van der Waals surface area contributed by atoms with Gasteiger partial charge in [0, 0.05) is 6.42 Å². The third-order valence-electron chi connectivity index (χ3n) is 2.35. The van der Waals surface area contributed by atoms with E-state index in [0.29, 0.717) is 12.3 Å². The minimum Gasteiger partial charge on any atom is -0.319 e. The molecule has 0 saturated heterocycles. The molecular weight excluding hydrogens is 150 g/mol. The lowest BCUT2D eigenvalue weighted by atomic mass is 9.89. The number of rotatable bonds is 5. The average Bonchev–Trinajstić information content (AvgIpc) is 1.97. The molecule has 0 fully saturated rings. The Morgan fingerprint density at radius 2 is 1.75 bits per heavy atom. The second kappa shape index (κ2) is 4.61. The van der Waals surface area contributed by atoms with Crippen LogP contribution in [-0.4, -0.2) is 11.3 Å². The molecule has 0 atom stereocenters. The fourth-order valence-electron chi connectivity index (χ4n) is 1.10. The molecule has 0 radical (unpaired) electrons. The van der Waals surface area contributed by atoms with E-state index in [0.717, 1.165) is 12.8 Å². The molecule has 0 aliphatic carbocycles. The van der Waals surface area contributed by atoms with E-state index in [1.165, 1.54) is 0 Å². The van der Waals surface area contributed by atoms with E-state index in [9.17, 15) is 4.79 Å². The fourth-order valence-corrected chi connectivity index (χ4v) is 1.10. The van der Waals surface area contributed by atoms with Crippen LogP contribution in [0.15, 0.2) is 0 Å². The third-order valence-corrected chi connectivity index (χ3v) is 2.35. The van der Waals surface area contributed by atoms with Gasteiger partial charge in [0.15, 0.2) is 5.78 Å². The third kappa shape index (κ3) is 3.86. The first kappa shape index (κ1) is 11.6. The molecule has 0 bridgehead atoms. The van der Waals surface area contributed by atoms with Crippen molar-refractivity contribution in [2.75, 3.05) is 0 Å². The lowest BCUT2D eigenvalue weighted by Crippen LogP contribution is -2.42. The van der Waals surface area contributed by atoms with Crippen LogP contribution in [0.2, 0.25) is 0 Å². The Balaban J connectivity index is 3.99. The minimum atomic E-state index is -0.650. The van der Waals surface area contributed by atoms with Gasteiger partial charge in [0.25, 0.3) is 0 Å². The second-order valence-electron chi connectivity index (χ2n) is 4.03. The van der Waals surface area contributed by atoms with E-state index in [1.807, 2.05) is 0 Å². The number of ketones is 1. The highest BCUT2D eigenvalue weighted by Gasteiger charge is 2.23. The molecule has 0 rings (SSSR count). The van der Waals surface area contributed by atoms with Crippen molar-refractivity contribution in [3.8, 4) is 0 Å². The summed E-state index contributed by atoms with van der Waals surface area (Å²) in [6, 6.07) is 0. The zero-order valence-electron chi connectivity index (χ0n) is 8.68. The quantitative estimate of drug-likeness (QED) is 0.688. The van der Waals surface area contributed by atoms with Gasteiger partial charge in [-0.1, -0.05) is 26.7 Å². The molecule has 2 N–H and O–H groups in total. The Morgan fingerprint density at radius 3 is 2.00 bits per heavy atom. The molecule has 12 heavy (non-hydrogen) atoms. The number of Topliss-reactive ketones (excluding diaryl/α,β-unsaturated/α-hetero) is 1. The van der Waals surface area contributed by atoms with Crippen LogP contribution in [0.5, 0.6) is 0 Å². The van der Waals surface area contributed by atoms with Gasteiger partial charge in [-0.3, -0.25) is 4.79 Å². The molecule has 0 unspecified atom stereocenters. The first-order valence-corrected chi connectivity index (χ1v) is 4.74. The van der Waals surface area contributed by atoms with Crippen molar-refractivity contribution in [1.29, 1.82) is 0 Å². The van der Waals surface area contributed by atoms with Crippen LogP contribution in [0.1, 0.15) is 47.0 Å². The van der Waals surface area contributed by atoms with Crippen LogP contribution >= 0.6 is 0 Å². The maximum atomic E-state index is 11.5. The largest absolute Gasteiger partial charge is 0.319 e. The second-order valence-corrected chi connectivity index (χ2v) is 4.03. The molecular formula is C10H21NO. The summed E-state index contributed by atoms with van der Waals surface area (Å²) in [5.74, 6) is 0.691. The zero-order valence-corrected chi connectivity index (χ0v) is 8.68. The summed E-state index contributed by atoms with van der Waals surface area (Å²) in [6.07, 6.45) is 2.77. The van der Waals surface area contributed by atoms with Crippen molar-refractivity contribution >= 4 is 5.78 Å². The van der Waals surface area contributed by atoms with E-state index in [4.69, 9.17) is 5.73 Å². The number of hydrogen-bond donors (Lipinski definition) is 1. The maximum Gasteiger partial charge on any atom is 0.152 e. The van der Waals surface area contributed by atoms with Gasteiger partial charge in [-0.2, -0.15) is 0 Å². The van der Waals surface area contributed by atoms with Crippen molar-refractivity contribution in [2.45, 2.75) is 52.5 Å². The molecule has 0 spiro atoms. The summed E-state index contributed by atoms with van der Waals surface area (Å²) < 4.78 is 0. The molecule has 2 nitrogen and oxygen atoms in total. The Kier molecular flexibility index (Phi) is 4.46. The van der Waals surface area contributed by atoms with Gasteiger partial charge in [-0.15, -0.1) is 0 Å². The summed E-state index contributed by atoms with van der Waals surface area (Å²) in [6.45, 7) is 7.78. The normalized spacial score (nSPS) is 12.2. The highest BCUT2D eigenvalue weighted by molar-refractivity contribution is 5.87. The van der Waals surface area contributed by atoms with E-state index in [-0.39, 0.29) is 5.78 Å². The van der Waals surface area contributed by atoms with E-state index in [2.05, 4.69) is 13.8 Å². The number of hydrogen-bond acceptors (Lipinski definition) is 2. The van der Waals surface area contributed by atoms with Gasteiger partial charge in [-0.25, -0.2) is 0 Å². The van der Waals surface area contributed by atoms with Crippen molar-refractivity contribution in [2.24, 2.45) is 11.7 Å². The van der Waals surface area contributed by atoms with Gasteiger partial charge in [0.1, 0.15) is 0 Å². The van der Waals surface area contributed by atoms with Crippen molar-refractivity contribution in [1.82, 2.24) is 0 Å². The lowest BCUT2D eigenvalue weighted by Gasteiger charge is -2.20. The van der Waals surface area contributed by atoms with Crippen molar-refractivity contribution in [3.05, 3.63) is 0 Å². The Labute approximate surface area is 75.5 Å². The predicted octanol–water partition coefficient (Wildman–Crippen LogP) is 2.12. The number of nitrogens with two attached hydrogens (primary N) is 1. The van der Waals surface area contributed by atoms with E-state index >= 15 is 0 Å². The summed E-state index contributed by atoms with van der Waals surface area (Å²) >= 11 is 0. The molecule has 0 amide bonds. The van der Waals surface area contributed by atoms with Crippen LogP contribution in [0, 0.1) is 5.92 Å². The van der Waals surface area contributed by atoms with E-state index < -0.39 is 5.54 Å². The summed E-state index contributed by atoms with van der Waals surface area (Å²) in [5.41, 5.74) is 5.04. The minimum absolute atomic E-state index is 0.177. The average molecular weight is 171 g/mol. The van der Waals surface area contributed by atoms with Gasteiger partial charge >= 0.3 is 0 Å². The van der Waals surface area contributed by atoms with Crippen LogP contribution in [-0.2, 0) is 4.79 Å². The smallest absolute Gasteiger partial charge is 0.152 e. The summed E-state index contributed by atoms with van der Waals surface area (Å²) in [5, 5.41) is 0. The molecule has 0 aromatic heterocycles. The number of carbonyl (C=O) groups is 1. The van der Waals surface area contributed by atoms with Gasteiger partial charge in [0.2, 0.25) is 0 Å². The van der Waals surface area contributed by atoms with E-state index in [1.54, 1.807) is 13.8 Å². The molecule has 72 valence electrons. The van der Waals surface area contributed by atoms with Crippen LogP contribution in [0.4, 0.5) is 0 Å². The van der Waals surface area contributed by atoms with Crippen LogP contribution < -0.4 is 5.73 Å². The first-order valence-electron chi connectivity index (χ1n) is 4.74. The Morgan fingerprint density at radius 1 is 1.33 bits per heavy atom. The molecule has 0 aromatic carbocycles. The van der Waals surface area contributed by atoms with Crippen molar-refractivity contribution < 1.29 is 4.79 Å². The first-order chi connectivity index (χ1) is 5.41. The molecule has 0 aromatic rings. The molecule has 2 heteroatoms. The maximum absolute atomic E-state index is 11.5. The van der Waals surface area contributed by atoms with Crippen molar-refractivity contribution in [3.63, 3.8) is 0 Å². The summed E-state index contributed by atoms with van der Waals surface area (Å²) in [7, 11) is 0. The summed E-state index contributed by atoms with van der Waals surface area (Å²) in [4.78, 5) is 11.5. The highest BCUT2D eigenvalue weighted by atomic mass is 16.1. The van der Waals surface area contributed by atoms with Crippen LogP contribution in [0.25, 0.3) is 0 Å². The zero-order chi connectivity index (χ0) is 9.78. The predicted molar refractivity (Wildman–Crippen MR) is 52.0 cm³/mol. The molecule has 0 aliphatic rings. The number of carbonyl (C=O) groups excluding carboxylic acids is 1. The molecule has 0 heterocycles. The van der Waals surface area contributed by atoms with Gasteiger partial charge < -0.3 is 5.73 Å². The van der Waals surface area contributed by atoms with Crippen LogP contribution in [0.3, 0.4) is 0 Å². The SMILES string of the molecule is CCC(CC)CC(=O)C(C)(C)N. The molecule has 0 saturated carbocycles.